The van der Waals surface area contributed by atoms with Crippen LogP contribution in [0.2, 0.25) is 0 Å². The first-order valence-electron chi connectivity index (χ1n) is 7.89. The van der Waals surface area contributed by atoms with Gasteiger partial charge in [-0.05, 0) is 87.4 Å². The van der Waals surface area contributed by atoms with Gasteiger partial charge in [0.1, 0.15) is 11.9 Å². The molecule has 0 spiro atoms. The van der Waals surface area contributed by atoms with E-state index in [-0.39, 0.29) is 5.82 Å². The van der Waals surface area contributed by atoms with Crippen LogP contribution in [0.15, 0.2) is 6.07 Å². The van der Waals surface area contributed by atoms with Crippen molar-refractivity contribution in [3.05, 3.63) is 62.0 Å². The second kappa shape index (κ2) is 5.97. The molecule has 2 aromatic rings. The molecule has 0 aliphatic rings. The van der Waals surface area contributed by atoms with E-state index in [1.54, 1.807) is 6.92 Å². The Labute approximate surface area is 138 Å². The molecule has 0 saturated carbocycles. The molecule has 2 aromatic carbocycles. The van der Waals surface area contributed by atoms with Crippen LogP contribution >= 0.6 is 0 Å². The van der Waals surface area contributed by atoms with Gasteiger partial charge in [-0.25, -0.2) is 4.39 Å². The predicted octanol–water partition coefficient (Wildman–Crippen LogP) is 4.65. The summed E-state index contributed by atoms with van der Waals surface area (Å²) in [6.45, 7) is 13.4. The summed E-state index contributed by atoms with van der Waals surface area (Å²) in [5, 5.41) is 10.9. The van der Waals surface area contributed by atoms with Gasteiger partial charge in [0.15, 0.2) is 0 Å². The molecule has 0 heterocycles. The zero-order chi connectivity index (χ0) is 17.6. The lowest BCUT2D eigenvalue weighted by molar-refractivity contribution is 0.214. The molecule has 23 heavy (non-hydrogen) atoms. The lowest BCUT2D eigenvalue weighted by Gasteiger charge is -2.23. The van der Waals surface area contributed by atoms with Gasteiger partial charge < -0.3 is 10.8 Å². The fourth-order valence-corrected chi connectivity index (χ4v) is 3.14. The topological polar surface area (TPSA) is 46.2 Å². The summed E-state index contributed by atoms with van der Waals surface area (Å²) >= 11 is 0. The Kier molecular flexibility index (Phi) is 4.54. The highest BCUT2D eigenvalue weighted by Gasteiger charge is 2.25. The van der Waals surface area contributed by atoms with E-state index in [1.807, 2.05) is 47.6 Å². The highest BCUT2D eigenvalue weighted by Crippen LogP contribution is 2.37. The Hall–Kier alpha value is -1.87. The molecule has 0 aliphatic carbocycles. The van der Waals surface area contributed by atoms with Crippen molar-refractivity contribution in [2.24, 2.45) is 0 Å². The normalized spacial score (nSPS) is 12.6. The molecule has 1 atom stereocenters. The average molecular weight is 315 g/mol. The van der Waals surface area contributed by atoms with Crippen LogP contribution in [0.4, 0.5) is 10.1 Å². The number of rotatable bonds is 2. The quantitative estimate of drug-likeness (QED) is 0.793. The average Bonchev–Trinajstić information content (AvgIpc) is 2.52. The molecular formula is C20H26FNO. The molecule has 0 fully saturated rings. The molecule has 2 rings (SSSR count). The van der Waals surface area contributed by atoms with Gasteiger partial charge in [0, 0.05) is 16.8 Å². The summed E-state index contributed by atoms with van der Waals surface area (Å²) in [6, 6.07) is 1.87. The molecule has 0 radical (unpaired) electrons. The van der Waals surface area contributed by atoms with E-state index in [0.717, 1.165) is 33.4 Å². The number of hydrogen-bond donors (Lipinski definition) is 2. The zero-order valence-corrected chi connectivity index (χ0v) is 15.1. The summed E-state index contributed by atoms with van der Waals surface area (Å²) in [4.78, 5) is 0. The van der Waals surface area contributed by atoms with Gasteiger partial charge in [0.25, 0.3) is 0 Å². The molecule has 2 nitrogen and oxygen atoms in total. The van der Waals surface area contributed by atoms with Crippen LogP contribution in [-0.4, -0.2) is 5.11 Å². The summed E-state index contributed by atoms with van der Waals surface area (Å²) in [6.07, 6.45) is -1.06. The molecule has 1 unspecified atom stereocenters. The molecule has 3 N–H and O–H groups in total. The van der Waals surface area contributed by atoms with E-state index in [9.17, 15) is 9.50 Å². The minimum absolute atomic E-state index is 0.333. The monoisotopic (exact) mass is 315 g/mol. The lowest BCUT2D eigenvalue weighted by atomic mass is 9.86. The number of hydrogen-bond acceptors (Lipinski definition) is 2. The highest BCUT2D eigenvalue weighted by atomic mass is 19.1. The van der Waals surface area contributed by atoms with Crippen LogP contribution in [0.3, 0.4) is 0 Å². The Balaban J connectivity index is 2.75. The van der Waals surface area contributed by atoms with Gasteiger partial charge in [0.05, 0.1) is 0 Å². The molecule has 3 heteroatoms. The van der Waals surface area contributed by atoms with Crippen molar-refractivity contribution in [3.8, 4) is 0 Å². The first-order valence-corrected chi connectivity index (χ1v) is 7.89. The van der Waals surface area contributed by atoms with Gasteiger partial charge in [-0.1, -0.05) is 6.07 Å². The standard InChI is InChI=1S/C20H26FNO/c1-9-8-16(19(22)15(7)10(9)2)20(23)17-13(5)11(3)12(4)14(6)18(17)21/h8,20,23H,22H2,1-7H3. The highest BCUT2D eigenvalue weighted by molar-refractivity contribution is 5.62. The first-order chi connectivity index (χ1) is 10.6. The van der Waals surface area contributed by atoms with Crippen molar-refractivity contribution in [3.63, 3.8) is 0 Å². The van der Waals surface area contributed by atoms with Crippen LogP contribution in [0.5, 0.6) is 0 Å². The van der Waals surface area contributed by atoms with Crippen molar-refractivity contribution in [2.45, 2.75) is 54.6 Å². The van der Waals surface area contributed by atoms with E-state index in [1.165, 1.54) is 0 Å². The lowest BCUT2D eigenvalue weighted by Crippen LogP contribution is -2.13. The van der Waals surface area contributed by atoms with E-state index < -0.39 is 6.10 Å². The number of halogens is 1. The summed E-state index contributed by atoms with van der Waals surface area (Å²) in [5.74, 6) is -0.339. The molecule has 124 valence electrons. The van der Waals surface area contributed by atoms with Gasteiger partial charge in [-0.2, -0.15) is 0 Å². The van der Waals surface area contributed by atoms with Crippen LogP contribution in [0.1, 0.15) is 56.2 Å². The fraction of sp³-hybridized carbons (Fsp3) is 0.400. The Morgan fingerprint density at radius 3 is 1.91 bits per heavy atom. The van der Waals surface area contributed by atoms with Crippen LogP contribution < -0.4 is 5.73 Å². The largest absolute Gasteiger partial charge is 0.398 e. The molecule has 0 aromatic heterocycles. The predicted molar refractivity (Wildman–Crippen MR) is 94.5 cm³/mol. The minimum atomic E-state index is -1.06. The van der Waals surface area contributed by atoms with E-state index in [2.05, 4.69) is 0 Å². The molecule has 0 bridgehead atoms. The third-order valence-electron chi connectivity index (χ3n) is 5.47. The van der Waals surface area contributed by atoms with Crippen molar-refractivity contribution in [1.82, 2.24) is 0 Å². The number of benzene rings is 2. The third kappa shape index (κ3) is 2.63. The van der Waals surface area contributed by atoms with Gasteiger partial charge >= 0.3 is 0 Å². The van der Waals surface area contributed by atoms with E-state index in [4.69, 9.17) is 5.73 Å². The number of aliphatic hydroxyl groups excluding tert-OH is 1. The summed E-state index contributed by atoms with van der Waals surface area (Å²) in [7, 11) is 0. The van der Waals surface area contributed by atoms with Crippen molar-refractivity contribution in [1.29, 1.82) is 0 Å². The molecule has 0 amide bonds. The molecular weight excluding hydrogens is 289 g/mol. The van der Waals surface area contributed by atoms with E-state index in [0.29, 0.717) is 22.4 Å². The van der Waals surface area contributed by atoms with Crippen molar-refractivity contribution >= 4 is 5.69 Å². The van der Waals surface area contributed by atoms with Crippen molar-refractivity contribution < 1.29 is 9.50 Å². The Morgan fingerprint density at radius 2 is 1.35 bits per heavy atom. The first kappa shape index (κ1) is 17.5. The van der Waals surface area contributed by atoms with E-state index >= 15 is 0 Å². The zero-order valence-electron chi connectivity index (χ0n) is 15.1. The molecule has 0 saturated heterocycles. The second-order valence-electron chi connectivity index (χ2n) is 6.58. The number of nitrogen functional groups attached to an aromatic ring is 1. The maximum absolute atomic E-state index is 14.9. The Morgan fingerprint density at radius 1 is 0.826 bits per heavy atom. The summed E-state index contributed by atoms with van der Waals surface area (Å²) < 4.78 is 14.9. The number of anilines is 1. The van der Waals surface area contributed by atoms with Gasteiger partial charge in [-0.15, -0.1) is 0 Å². The van der Waals surface area contributed by atoms with Crippen LogP contribution in [0.25, 0.3) is 0 Å². The number of nitrogens with two attached hydrogens (primary N) is 1. The van der Waals surface area contributed by atoms with Crippen LogP contribution in [0, 0.1) is 54.3 Å². The van der Waals surface area contributed by atoms with Crippen LogP contribution in [-0.2, 0) is 0 Å². The molecule has 0 aliphatic heterocycles. The SMILES string of the molecule is Cc1cc(C(O)c2c(C)c(C)c(C)c(C)c2F)c(N)c(C)c1C. The summed E-state index contributed by atoms with van der Waals surface area (Å²) in [5.41, 5.74) is 14.1. The fourth-order valence-electron chi connectivity index (χ4n) is 3.14. The smallest absolute Gasteiger partial charge is 0.132 e. The Bertz CT molecular complexity index is 764. The van der Waals surface area contributed by atoms with Gasteiger partial charge in [0.2, 0.25) is 0 Å². The maximum Gasteiger partial charge on any atom is 0.132 e. The second-order valence-corrected chi connectivity index (χ2v) is 6.58. The third-order valence-corrected chi connectivity index (χ3v) is 5.47. The number of aliphatic hydroxyl groups is 1. The van der Waals surface area contributed by atoms with Crippen molar-refractivity contribution in [2.75, 3.05) is 5.73 Å². The maximum atomic E-state index is 14.9. The minimum Gasteiger partial charge on any atom is -0.398 e. The van der Waals surface area contributed by atoms with Gasteiger partial charge in [-0.3, -0.25) is 0 Å². The number of aryl methyl sites for hydroxylation is 1.